The molecule has 9 heteroatoms. The Balaban J connectivity index is 2.22. The first-order chi connectivity index (χ1) is 15.6. The fourth-order valence-corrected chi connectivity index (χ4v) is 3.38. The SMILES string of the molecule is COc1ccc(-c2cc(=O)oc3c(OC)c(OC)c(OC)cc23)cc1NC(=O)OC(C)(C)C. The first kappa shape index (κ1) is 23.8. The summed E-state index contributed by atoms with van der Waals surface area (Å²) < 4.78 is 32.5. The van der Waals surface area contributed by atoms with Crippen molar-refractivity contribution < 1.29 is 32.9 Å². The van der Waals surface area contributed by atoms with Gasteiger partial charge in [-0.1, -0.05) is 6.07 Å². The number of rotatable bonds is 6. The zero-order valence-electron chi connectivity index (χ0n) is 19.7. The third-order valence-corrected chi connectivity index (χ3v) is 4.69. The largest absolute Gasteiger partial charge is 0.495 e. The van der Waals surface area contributed by atoms with E-state index in [1.54, 1.807) is 45.0 Å². The van der Waals surface area contributed by atoms with Crippen LogP contribution in [0.3, 0.4) is 0 Å². The van der Waals surface area contributed by atoms with Crippen molar-refractivity contribution in [3.8, 4) is 34.1 Å². The minimum Gasteiger partial charge on any atom is -0.495 e. The number of fused-ring (bicyclic) bond motifs is 1. The Labute approximate surface area is 191 Å². The van der Waals surface area contributed by atoms with Crippen LogP contribution in [0.1, 0.15) is 20.8 Å². The molecule has 1 amide bonds. The van der Waals surface area contributed by atoms with Crippen molar-refractivity contribution in [3.05, 3.63) is 40.8 Å². The van der Waals surface area contributed by atoms with Crippen LogP contribution in [0.15, 0.2) is 39.5 Å². The van der Waals surface area contributed by atoms with Crippen LogP contribution in [0.4, 0.5) is 10.5 Å². The van der Waals surface area contributed by atoms with E-state index >= 15 is 0 Å². The third-order valence-electron chi connectivity index (χ3n) is 4.69. The van der Waals surface area contributed by atoms with Crippen LogP contribution >= 0.6 is 0 Å². The summed E-state index contributed by atoms with van der Waals surface area (Å²) in [6.07, 6.45) is -0.636. The van der Waals surface area contributed by atoms with Gasteiger partial charge in [0, 0.05) is 17.0 Å². The molecule has 0 bridgehead atoms. The number of amides is 1. The molecule has 0 aliphatic carbocycles. The maximum atomic E-state index is 12.4. The lowest BCUT2D eigenvalue weighted by Gasteiger charge is -2.20. The van der Waals surface area contributed by atoms with Crippen LogP contribution in [-0.4, -0.2) is 40.1 Å². The molecule has 0 fully saturated rings. The maximum absolute atomic E-state index is 12.4. The number of anilines is 1. The summed E-state index contributed by atoms with van der Waals surface area (Å²) in [5, 5.41) is 3.25. The number of carbonyl (C=O) groups is 1. The highest BCUT2D eigenvalue weighted by atomic mass is 16.6. The van der Waals surface area contributed by atoms with E-state index in [2.05, 4.69) is 5.32 Å². The van der Waals surface area contributed by atoms with Gasteiger partial charge in [-0.15, -0.1) is 0 Å². The van der Waals surface area contributed by atoms with Gasteiger partial charge in [-0.3, -0.25) is 5.32 Å². The van der Waals surface area contributed by atoms with Crippen molar-refractivity contribution in [2.75, 3.05) is 33.8 Å². The van der Waals surface area contributed by atoms with E-state index < -0.39 is 17.3 Å². The number of hydrogen-bond donors (Lipinski definition) is 1. The third kappa shape index (κ3) is 4.97. The van der Waals surface area contributed by atoms with Crippen LogP contribution in [0.2, 0.25) is 0 Å². The van der Waals surface area contributed by atoms with Gasteiger partial charge in [-0.2, -0.15) is 0 Å². The molecular formula is C24H27NO8. The van der Waals surface area contributed by atoms with Gasteiger partial charge >= 0.3 is 11.7 Å². The van der Waals surface area contributed by atoms with Crippen LogP contribution in [0, 0.1) is 0 Å². The van der Waals surface area contributed by atoms with E-state index in [0.717, 1.165) is 0 Å². The highest BCUT2D eigenvalue weighted by molar-refractivity contribution is 6.00. The molecule has 3 aromatic rings. The standard InChI is InChI=1S/C24H27NO8/c1-24(2,3)33-23(27)25-16-10-13(8-9-17(16)28-4)14-12-19(26)32-20-15(14)11-18(29-5)21(30-6)22(20)31-7/h8-12H,1-7H3,(H,25,27). The summed E-state index contributed by atoms with van der Waals surface area (Å²) in [5.41, 5.74) is 0.480. The summed E-state index contributed by atoms with van der Waals surface area (Å²) in [6, 6.07) is 8.17. The highest BCUT2D eigenvalue weighted by Crippen LogP contribution is 2.45. The Hall–Kier alpha value is -3.88. The van der Waals surface area contributed by atoms with E-state index in [1.807, 2.05) is 0 Å². The van der Waals surface area contributed by atoms with Crippen molar-refractivity contribution in [1.29, 1.82) is 0 Å². The van der Waals surface area contributed by atoms with Crippen molar-refractivity contribution in [1.82, 2.24) is 0 Å². The van der Waals surface area contributed by atoms with E-state index in [0.29, 0.717) is 39.4 Å². The van der Waals surface area contributed by atoms with Crippen LogP contribution in [-0.2, 0) is 4.74 Å². The van der Waals surface area contributed by atoms with E-state index in [4.69, 9.17) is 28.1 Å². The van der Waals surface area contributed by atoms with Gasteiger partial charge in [-0.25, -0.2) is 9.59 Å². The lowest BCUT2D eigenvalue weighted by molar-refractivity contribution is 0.0635. The fourth-order valence-electron chi connectivity index (χ4n) is 3.38. The topological polar surface area (TPSA) is 105 Å². The second-order valence-corrected chi connectivity index (χ2v) is 8.04. The molecule has 33 heavy (non-hydrogen) atoms. The molecule has 0 radical (unpaired) electrons. The predicted molar refractivity (Wildman–Crippen MR) is 124 cm³/mol. The molecule has 3 rings (SSSR count). The van der Waals surface area contributed by atoms with E-state index in [-0.39, 0.29) is 11.3 Å². The summed E-state index contributed by atoms with van der Waals surface area (Å²) in [4.78, 5) is 24.8. The van der Waals surface area contributed by atoms with Crippen molar-refractivity contribution >= 4 is 22.7 Å². The van der Waals surface area contributed by atoms with Crippen LogP contribution in [0.5, 0.6) is 23.0 Å². The summed E-state index contributed by atoms with van der Waals surface area (Å²) in [7, 11) is 5.90. The molecule has 2 aromatic carbocycles. The maximum Gasteiger partial charge on any atom is 0.412 e. The molecule has 0 saturated heterocycles. The van der Waals surface area contributed by atoms with Gasteiger partial charge in [0.15, 0.2) is 11.3 Å². The lowest BCUT2D eigenvalue weighted by atomic mass is 10.00. The van der Waals surface area contributed by atoms with Gasteiger partial charge < -0.3 is 28.1 Å². The smallest absolute Gasteiger partial charge is 0.412 e. The Morgan fingerprint density at radius 3 is 2.12 bits per heavy atom. The monoisotopic (exact) mass is 457 g/mol. The van der Waals surface area contributed by atoms with E-state index in [9.17, 15) is 9.59 Å². The number of benzene rings is 2. The quantitative estimate of drug-likeness (QED) is 0.524. The van der Waals surface area contributed by atoms with Gasteiger partial charge in [0.1, 0.15) is 11.4 Å². The summed E-state index contributed by atoms with van der Waals surface area (Å²) in [6.45, 7) is 5.31. The molecule has 0 saturated carbocycles. The zero-order chi connectivity index (χ0) is 24.3. The molecule has 0 aliphatic rings. The molecular weight excluding hydrogens is 430 g/mol. The number of nitrogens with one attached hydrogen (secondary N) is 1. The number of carbonyl (C=O) groups excluding carboxylic acids is 1. The minimum atomic E-state index is -0.671. The Morgan fingerprint density at radius 2 is 1.55 bits per heavy atom. The zero-order valence-corrected chi connectivity index (χ0v) is 19.7. The summed E-state index contributed by atoms with van der Waals surface area (Å²) in [5.74, 6) is 1.35. The molecule has 1 N–H and O–H groups in total. The first-order valence-corrected chi connectivity index (χ1v) is 10.1. The minimum absolute atomic E-state index is 0.204. The number of methoxy groups -OCH3 is 4. The highest BCUT2D eigenvalue weighted by Gasteiger charge is 2.22. The Bertz CT molecular complexity index is 1240. The van der Waals surface area contributed by atoms with Crippen molar-refractivity contribution in [2.24, 2.45) is 0 Å². The lowest BCUT2D eigenvalue weighted by Crippen LogP contribution is -2.27. The van der Waals surface area contributed by atoms with Gasteiger partial charge in [0.2, 0.25) is 11.5 Å². The molecule has 176 valence electrons. The molecule has 9 nitrogen and oxygen atoms in total. The average molecular weight is 457 g/mol. The Kier molecular flexibility index (Phi) is 6.71. The van der Waals surface area contributed by atoms with Gasteiger partial charge in [-0.05, 0) is 44.5 Å². The molecule has 1 aromatic heterocycles. The second-order valence-electron chi connectivity index (χ2n) is 8.04. The fraction of sp³-hybridized carbons (Fsp3) is 0.333. The molecule has 0 aliphatic heterocycles. The van der Waals surface area contributed by atoms with Gasteiger partial charge in [0.05, 0.1) is 34.1 Å². The molecule has 1 heterocycles. The normalized spacial score (nSPS) is 11.1. The molecule has 0 unspecified atom stereocenters. The van der Waals surface area contributed by atoms with Gasteiger partial charge in [0.25, 0.3) is 0 Å². The van der Waals surface area contributed by atoms with Crippen molar-refractivity contribution in [2.45, 2.75) is 26.4 Å². The number of ether oxygens (including phenoxy) is 5. The first-order valence-electron chi connectivity index (χ1n) is 10.1. The second kappa shape index (κ2) is 9.32. The average Bonchev–Trinajstić information content (AvgIpc) is 2.75. The number of hydrogen-bond acceptors (Lipinski definition) is 8. The van der Waals surface area contributed by atoms with E-state index in [1.165, 1.54) is 34.5 Å². The summed E-state index contributed by atoms with van der Waals surface area (Å²) >= 11 is 0. The van der Waals surface area contributed by atoms with Crippen LogP contribution < -0.4 is 29.9 Å². The molecule has 0 spiro atoms. The van der Waals surface area contributed by atoms with Crippen molar-refractivity contribution in [3.63, 3.8) is 0 Å². The van der Waals surface area contributed by atoms with Crippen LogP contribution in [0.25, 0.3) is 22.1 Å². The molecule has 0 atom stereocenters. The predicted octanol–water partition coefficient (Wildman–Crippen LogP) is 4.84. The Morgan fingerprint density at radius 1 is 0.879 bits per heavy atom.